The van der Waals surface area contributed by atoms with Gasteiger partial charge in [-0.3, -0.25) is 5.10 Å². The van der Waals surface area contributed by atoms with Gasteiger partial charge in [0.25, 0.3) is 0 Å². The number of nitrogens with one attached hydrogen (secondary N) is 1. The third kappa shape index (κ3) is 3.50. The van der Waals surface area contributed by atoms with Crippen molar-refractivity contribution in [3.05, 3.63) is 17.5 Å². The predicted octanol–water partition coefficient (Wildman–Crippen LogP) is 1.89. The van der Waals surface area contributed by atoms with E-state index in [4.69, 9.17) is 5.73 Å². The Hall–Kier alpha value is -0.830. The molecule has 1 aromatic heterocycles. The molecular weight excluding hydrogens is 174 g/mol. The molecule has 0 saturated heterocycles. The maximum Gasteiger partial charge on any atom is 0.0522 e. The minimum atomic E-state index is 0.269. The Balaban J connectivity index is 2.53. The average Bonchev–Trinajstić information content (AvgIpc) is 2.47. The number of aryl methyl sites for hydroxylation is 1. The smallest absolute Gasteiger partial charge is 0.0522 e. The van der Waals surface area contributed by atoms with Crippen molar-refractivity contribution in [2.24, 2.45) is 11.7 Å². The van der Waals surface area contributed by atoms with Crippen molar-refractivity contribution in [2.75, 3.05) is 0 Å². The van der Waals surface area contributed by atoms with Gasteiger partial charge in [0.1, 0.15) is 0 Å². The van der Waals surface area contributed by atoms with Gasteiger partial charge in [0, 0.05) is 11.7 Å². The Morgan fingerprint density at radius 1 is 1.43 bits per heavy atom. The number of nitrogens with two attached hydrogens (primary N) is 1. The van der Waals surface area contributed by atoms with Crippen LogP contribution in [0.25, 0.3) is 0 Å². The summed E-state index contributed by atoms with van der Waals surface area (Å²) in [5.41, 5.74) is 8.33. The third-order valence-electron chi connectivity index (χ3n) is 2.29. The van der Waals surface area contributed by atoms with Crippen LogP contribution in [0.3, 0.4) is 0 Å². The van der Waals surface area contributed by atoms with E-state index in [0.717, 1.165) is 19.3 Å². The fourth-order valence-corrected chi connectivity index (χ4v) is 1.54. The highest BCUT2D eigenvalue weighted by Crippen LogP contribution is 2.13. The van der Waals surface area contributed by atoms with Gasteiger partial charge in [-0.1, -0.05) is 13.8 Å². The predicted molar refractivity (Wildman–Crippen MR) is 59.1 cm³/mol. The van der Waals surface area contributed by atoms with Gasteiger partial charge >= 0.3 is 0 Å². The molecule has 0 aliphatic rings. The van der Waals surface area contributed by atoms with E-state index in [1.807, 2.05) is 13.1 Å². The lowest BCUT2D eigenvalue weighted by molar-refractivity contribution is 0.626. The van der Waals surface area contributed by atoms with Crippen molar-refractivity contribution in [3.63, 3.8) is 0 Å². The Bertz CT molecular complexity index is 263. The number of nitrogens with zero attached hydrogens (tertiary/aromatic N) is 1. The molecule has 1 unspecified atom stereocenters. The van der Waals surface area contributed by atoms with Gasteiger partial charge in [0.2, 0.25) is 0 Å². The first-order chi connectivity index (χ1) is 6.59. The van der Waals surface area contributed by atoms with E-state index in [1.54, 1.807) is 0 Å². The average molecular weight is 195 g/mol. The quantitative estimate of drug-likeness (QED) is 0.753. The van der Waals surface area contributed by atoms with E-state index in [-0.39, 0.29) is 6.04 Å². The molecule has 0 bridgehead atoms. The van der Waals surface area contributed by atoms with Gasteiger partial charge in [-0.05, 0) is 37.7 Å². The molecule has 14 heavy (non-hydrogen) atoms. The third-order valence-corrected chi connectivity index (χ3v) is 2.29. The lowest BCUT2D eigenvalue weighted by Crippen LogP contribution is -2.15. The summed E-state index contributed by atoms with van der Waals surface area (Å²) in [6.07, 6.45) is 5.08. The van der Waals surface area contributed by atoms with Crippen molar-refractivity contribution in [1.82, 2.24) is 10.2 Å². The second kappa shape index (κ2) is 5.15. The van der Waals surface area contributed by atoms with E-state index in [1.165, 1.54) is 11.3 Å². The number of H-pyrrole nitrogens is 1. The van der Waals surface area contributed by atoms with Crippen molar-refractivity contribution >= 4 is 0 Å². The zero-order chi connectivity index (χ0) is 10.6. The van der Waals surface area contributed by atoms with Crippen LogP contribution in [0.5, 0.6) is 0 Å². The number of aromatic nitrogens is 2. The van der Waals surface area contributed by atoms with Crippen LogP contribution in [0, 0.1) is 5.92 Å². The van der Waals surface area contributed by atoms with Crippen LogP contribution < -0.4 is 5.73 Å². The lowest BCUT2D eigenvalue weighted by Gasteiger charge is -2.07. The summed E-state index contributed by atoms with van der Waals surface area (Å²) in [5, 5.41) is 7.15. The lowest BCUT2D eigenvalue weighted by atomic mass is 10.0. The van der Waals surface area contributed by atoms with Crippen molar-refractivity contribution in [1.29, 1.82) is 0 Å². The Kier molecular flexibility index (Phi) is 4.14. The van der Waals surface area contributed by atoms with E-state index < -0.39 is 0 Å². The second-order valence-electron chi connectivity index (χ2n) is 4.49. The summed E-state index contributed by atoms with van der Waals surface area (Å²) >= 11 is 0. The number of hydrogen-bond donors (Lipinski definition) is 2. The van der Waals surface area contributed by atoms with Crippen LogP contribution in [-0.2, 0) is 12.8 Å². The highest BCUT2D eigenvalue weighted by atomic mass is 15.1. The van der Waals surface area contributed by atoms with Gasteiger partial charge in [-0.2, -0.15) is 5.10 Å². The largest absolute Gasteiger partial charge is 0.328 e. The minimum Gasteiger partial charge on any atom is -0.328 e. The SMILES string of the molecule is CC(C)Cc1cn[nH]c1CCC(C)N. The molecule has 0 aromatic carbocycles. The first-order valence-electron chi connectivity index (χ1n) is 5.36. The molecule has 0 spiro atoms. The zero-order valence-corrected chi connectivity index (χ0v) is 9.38. The van der Waals surface area contributed by atoms with Crippen molar-refractivity contribution < 1.29 is 0 Å². The number of aromatic amines is 1. The van der Waals surface area contributed by atoms with E-state index in [9.17, 15) is 0 Å². The topological polar surface area (TPSA) is 54.7 Å². The van der Waals surface area contributed by atoms with Crippen LogP contribution in [0.15, 0.2) is 6.20 Å². The summed E-state index contributed by atoms with van der Waals surface area (Å²) in [6, 6.07) is 0.269. The van der Waals surface area contributed by atoms with Crippen LogP contribution in [0.2, 0.25) is 0 Å². The standard InChI is InChI=1S/C11H21N3/c1-8(2)6-10-7-13-14-11(10)5-4-9(3)12/h7-9H,4-6,12H2,1-3H3,(H,13,14). The number of rotatable bonds is 5. The number of hydrogen-bond acceptors (Lipinski definition) is 2. The Morgan fingerprint density at radius 2 is 2.14 bits per heavy atom. The van der Waals surface area contributed by atoms with Crippen molar-refractivity contribution in [2.45, 2.75) is 46.1 Å². The monoisotopic (exact) mass is 195 g/mol. The van der Waals surface area contributed by atoms with Gasteiger partial charge < -0.3 is 5.73 Å². The van der Waals surface area contributed by atoms with Crippen LogP contribution in [-0.4, -0.2) is 16.2 Å². The normalized spacial score (nSPS) is 13.5. The fraction of sp³-hybridized carbons (Fsp3) is 0.727. The molecule has 1 atom stereocenters. The van der Waals surface area contributed by atoms with Crippen LogP contribution >= 0.6 is 0 Å². The first-order valence-corrected chi connectivity index (χ1v) is 5.36. The summed E-state index contributed by atoms with van der Waals surface area (Å²) in [4.78, 5) is 0. The molecule has 3 nitrogen and oxygen atoms in total. The molecule has 3 N–H and O–H groups in total. The summed E-state index contributed by atoms with van der Waals surface area (Å²) < 4.78 is 0. The van der Waals surface area contributed by atoms with Gasteiger partial charge in [0.15, 0.2) is 0 Å². The molecule has 0 fully saturated rings. The molecular formula is C11H21N3. The molecule has 1 aromatic rings. The summed E-state index contributed by atoms with van der Waals surface area (Å²) in [7, 11) is 0. The first kappa shape index (κ1) is 11.2. The molecule has 0 radical (unpaired) electrons. The van der Waals surface area contributed by atoms with E-state index in [2.05, 4.69) is 24.0 Å². The molecule has 1 rings (SSSR count). The van der Waals surface area contributed by atoms with Gasteiger partial charge in [0.05, 0.1) is 6.20 Å². The molecule has 0 saturated carbocycles. The Morgan fingerprint density at radius 3 is 2.71 bits per heavy atom. The second-order valence-corrected chi connectivity index (χ2v) is 4.49. The maximum absolute atomic E-state index is 5.73. The molecule has 3 heteroatoms. The van der Waals surface area contributed by atoms with Crippen LogP contribution in [0.1, 0.15) is 38.4 Å². The Labute approximate surface area is 86.1 Å². The molecule has 1 heterocycles. The van der Waals surface area contributed by atoms with Gasteiger partial charge in [-0.25, -0.2) is 0 Å². The van der Waals surface area contributed by atoms with E-state index in [0.29, 0.717) is 5.92 Å². The fourth-order valence-electron chi connectivity index (χ4n) is 1.54. The molecule has 0 aliphatic carbocycles. The highest BCUT2D eigenvalue weighted by molar-refractivity contribution is 5.17. The molecule has 0 amide bonds. The van der Waals surface area contributed by atoms with E-state index >= 15 is 0 Å². The molecule has 0 aliphatic heterocycles. The molecule has 80 valence electrons. The van der Waals surface area contributed by atoms with Gasteiger partial charge in [-0.15, -0.1) is 0 Å². The highest BCUT2D eigenvalue weighted by Gasteiger charge is 2.07. The maximum atomic E-state index is 5.73. The zero-order valence-electron chi connectivity index (χ0n) is 9.38. The minimum absolute atomic E-state index is 0.269. The summed E-state index contributed by atoms with van der Waals surface area (Å²) in [5.74, 6) is 0.682. The van der Waals surface area contributed by atoms with Crippen molar-refractivity contribution in [3.8, 4) is 0 Å². The van der Waals surface area contributed by atoms with Crippen LogP contribution in [0.4, 0.5) is 0 Å². The summed E-state index contributed by atoms with van der Waals surface area (Å²) in [6.45, 7) is 6.49.